The Morgan fingerprint density at radius 3 is 2.44 bits per heavy atom. The number of nitrogens with one attached hydrogen (secondary N) is 1. The zero-order valence-corrected chi connectivity index (χ0v) is 11.4. The lowest BCUT2D eigenvalue weighted by atomic mass is 9.88. The summed E-state index contributed by atoms with van der Waals surface area (Å²) in [7, 11) is 0. The van der Waals surface area contributed by atoms with E-state index in [1.807, 2.05) is 30.3 Å². The third kappa shape index (κ3) is 4.00. The Hall–Kier alpha value is -1.06. The highest BCUT2D eigenvalue weighted by Crippen LogP contribution is 2.32. The monoisotopic (exact) mass is 269 g/mol. The van der Waals surface area contributed by atoms with Crippen molar-refractivity contribution in [3.8, 4) is 0 Å². The molecular formula is C14H20ClNO2. The van der Waals surface area contributed by atoms with Gasteiger partial charge in [-0.15, -0.1) is 12.4 Å². The summed E-state index contributed by atoms with van der Waals surface area (Å²) >= 11 is 0. The molecule has 0 saturated carbocycles. The molecule has 1 N–H and O–H groups in total. The predicted octanol–water partition coefficient (Wildman–Crippen LogP) is 2.71. The van der Waals surface area contributed by atoms with E-state index < -0.39 is 0 Å². The van der Waals surface area contributed by atoms with Crippen LogP contribution < -0.4 is 5.32 Å². The van der Waals surface area contributed by atoms with E-state index in [1.165, 1.54) is 6.92 Å². The van der Waals surface area contributed by atoms with Crippen LogP contribution in [0.5, 0.6) is 0 Å². The van der Waals surface area contributed by atoms with Crippen LogP contribution in [-0.4, -0.2) is 19.1 Å². The molecule has 1 aromatic carbocycles. The van der Waals surface area contributed by atoms with Crippen molar-refractivity contribution in [3.05, 3.63) is 35.9 Å². The normalized spacial score (nSPS) is 17.6. The third-order valence-electron chi connectivity index (χ3n) is 3.23. The van der Waals surface area contributed by atoms with E-state index in [2.05, 4.69) is 5.32 Å². The molecule has 0 radical (unpaired) electrons. The highest BCUT2D eigenvalue weighted by Gasteiger charge is 2.27. The van der Waals surface area contributed by atoms with Crippen molar-refractivity contribution >= 4 is 18.4 Å². The van der Waals surface area contributed by atoms with Gasteiger partial charge in [-0.2, -0.15) is 0 Å². The van der Waals surface area contributed by atoms with Crippen LogP contribution in [-0.2, 0) is 9.53 Å². The van der Waals surface area contributed by atoms with Gasteiger partial charge in [0.25, 0.3) is 0 Å². The van der Waals surface area contributed by atoms with Crippen molar-refractivity contribution in [1.82, 2.24) is 5.32 Å². The van der Waals surface area contributed by atoms with Gasteiger partial charge in [-0.25, -0.2) is 0 Å². The fourth-order valence-corrected chi connectivity index (χ4v) is 2.40. The molecule has 2 rings (SSSR count). The van der Waals surface area contributed by atoms with E-state index in [1.54, 1.807) is 0 Å². The van der Waals surface area contributed by atoms with Crippen LogP contribution in [0.2, 0.25) is 0 Å². The quantitative estimate of drug-likeness (QED) is 0.858. The number of ether oxygens (including phenoxy) is 1. The SMILES string of the molecule is CC(=O)OC(c1ccccc1)C1CCNCC1.Cl. The number of benzene rings is 1. The fourth-order valence-electron chi connectivity index (χ4n) is 2.40. The van der Waals surface area contributed by atoms with Crippen LogP contribution in [0.4, 0.5) is 0 Å². The fraction of sp³-hybridized carbons (Fsp3) is 0.500. The van der Waals surface area contributed by atoms with Gasteiger partial charge in [0.2, 0.25) is 0 Å². The first-order valence-corrected chi connectivity index (χ1v) is 6.20. The van der Waals surface area contributed by atoms with Gasteiger partial charge in [0.15, 0.2) is 0 Å². The van der Waals surface area contributed by atoms with Crippen LogP contribution in [0.3, 0.4) is 0 Å². The highest BCUT2D eigenvalue weighted by atomic mass is 35.5. The zero-order valence-electron chi connectivity index (χ0n) is 10.6. The number of piperidine rings is 1. The van der Waals surface area contributed by atoms with Gasteiger partial charge in [-0.3, -0.25) is 4.79 Å². The van der Waals surface area contributed by atoms with Crippen LogP contribution in [0.15, 0.2) is 30.3 Å². The second kappa shape index (κ2) is 7.39. The summed E-state index contributed by atoms with van der Waals surface area (Å²) in [5.41, 5.74) is 1.11. The molecule has 3 nitrogen and oxygen atoms in total. The first-order chi connectivity index (χ1) is 8.27. The van der Waals surface area contributed by atoms with Gasteiger partial charge in [0, 0.05) is 12.8 Å². The average Bonchev–Trinajstić information content (AvgIpc) is 2.38. The van der Waals surface area contributed by atoms with Crippen molar-refractivity contribution in [1.29, 1.82) is 0 Å². The smallest absolute Gasteiger partial charge is 0.303 e. The van der Waals surface area contributed by atoms with E-state index in [-0.39, 0.29) is 24.5 Å². The Balaban J connectivity index is 0.00000162. The Bertz CT molecular complexity index is 363. The maximum atomic E-state index is 11.2. The lowest BCUT2D eigenvalue weighted by Crippen LogP contribution is -2.32. The minimum atomic E-state index is -0.197. The van der Waals surface area contributed by atoms with Gasteiger partial charge < -0.3 is 10.1 Å². The summed E-state index contributed by atoms with van der Waals surface area (Å²) in [5, 5.41) is 3.33. The number of carbonyl (C=O) groups is 1. The van der Waals surface area contributed by atoms with E-state index in [9.17, 15) is 4.79 Å². The average molecular weight is 270 g/mol. The molecule has 0 spiro atoms. The first kappa shape index (κ1) is 15.0. The number of hydrogen-bond donors (Lipinski definition) is 1. The molecule has 1 fully saturated rings. The standard InChI is InChI=1S/C14H19NO2.ClH/c1-11(16)17-14(12-5-3-2-4-6-12)13-7-9-15-10-8-13;/h2-6,13-15H,7-10H2,1H3;1H. The summed E-state index contributed by atoms with van der Waals surface area (Å²) in [5.74, 6) is 0.236. The number of rotatable bonds is 3. The largest absolute Gasteiger partial charge is 0.457 e. The minimum absolute atomic E-state index is 0. The van der Waals surface area contributed by atoms with E-state index in [0.29, 0.717) is 5.92 Å². The molecule has 1 aliphatic rings. The second-order valence-corrected chi connectivity index (χ2v) is 4.53. The summed E-state index contributed by atoms with van der Waals surface area (Å²) in [6.07, 6.45) is 2.04. The predicted molar refractivity (Wildman–Crippen MR) is 73.8 cm³/mol. The summed E-state index contributed by atoms with van der Waals surface area (Å²) in [6, 6.07) is 10.0. The lowest BCUT2D eigenvalue weighted by Gasteiger charge is -2.30. The van der Waals surface area contributed by atoms with Gasteiger partial charge in [-0.05, 0) is 31.5 Å². The summed E-state index contributed by atoms with van der Waals surface area (Å²) in [4.78, 5) is 11.2. The molecule has 1 saturated heterocycles. The Morgan fingerprint density at radius 1 is 1.28 bits per heavy atom. The molecule has 0 aliphatic carbocycles. The van der Waals surface area contributed by atoms with Crippen LogP contribution >= 0.6 is 12.4 Å². The number of halogens is 1. The molecule has 1 atom stereocenters. The molecule has 1 unspecified atom stereocenters. The van der Waals surface area contributed by atoms with E-state index in [4.69, 9.17) is 4.74 Å². The zero-order chi connectivity index (χ0) is 12.1. The molecule has 0 amide bonds. The van der Waals surface area contributed by atoms with E-state index in [0.717, 1.165) is 31.5 Å². The molecular weight excluding hydrogens is 250 g/mol. The van der Waals surface area contributed by atoms with Crippen molar-refractivity contribution in [2.45, 2.75) is 25.9 Å². The molecule has 0 aromatic heterocycles. The van der Waals surface area contributed by atoms with Crippen molar-refractivity contribution < 1.29 is 9.53 Å². The number of carbonyl (C=O) groups excluding carboxylic acids is 1. The molecule has 1 heterocycles. The number of esters is 1. The molecule has 4 heteroatoms. The molecule has 1 aliphatic heterocycles. The maximum absolute atomic E-state index is 11.2. The summed E-state index contributed by atoms with van der Waals surface area (Å²) in [6.45, 7) is 3.50. The van der Waals surface area contributed by atoms with Crippen LogP contribution in [0, 0.1) is 5.92 Å². The van der Waals surface area contributed by atoms with Gasteiger partial charge in [0.1, 0.15) is 6.10 Å². The van der Waals surface area contributed by atoms with E-state index >= 15 is 0 Å². The van der Waals surface area contributed by atoms with Gasteiger partial charge in [0.05, 0.1) is 0 Å². The molecule has 100 valence electrons. The minimum Gasteiger partial charge on any atom is -0.457 e. The Labute approximate surface area is 114 Å². The topological polar surface area (TPSA) is 38.3 Å². The Morgan fingerprint density at radius 2 is 1.89 bits per heavy atom. The van der Waals surface area contributed by atoms with Gasteiger partial charge >= 0.3 is 5.97 Å². The molecule has 18 heavy (non-hydrogen) atoms. The van der Waals surface area contributed by atoms with Crippen LogP contribution in [0.25, 0.3) is 0 Å². The second-order valence-electron chi connectivity index (χ2n) is 4.53. The molecule has 1 aromatic rings. The van der Waals surface area contributed by atoms with Crippen molar-refractivity contribution in [2.24, 2.45) is 5.92 Å². The van der Waals surface area contributed by atoms with Crippen LogP contribution in [0.1, 0.15) is 31.4 Å². The third-order valence-corrected chi connectivity index (χ3v) is 3.23. The van der Waals surface area contributed by atoms with Gasteiger partial charge in [-0.1, -0.05) is 30.3 Å². The first-order valence-electron chi connectivity index (χ1n) is 6.20. The highest BCUT2D eigenvalue weighted by molar-refractivity contribution is 5.85. The maximum Gasteiger partial charge on any atom is 0.303 e. The van der Waals surface area contributed by atoms with Crippen molar-refractivity contribution in [2.75, 3.05) is 13.1 Å². The summed E-state index contributed by atoms with van der Waals surface area (Å²) < 4.78 is 5.51. The number of hydrogen-bond acceptors (Lipinski definition) is 3. The van der Waals surface area contributed by atoms with Crippen molar-refractivity contribution in [3.63, 3.8) is 0 Å². The lowest BCUT2D eigenvalue weighted by molar-refractivity contribution is -0.150. The Kier molecular flexibility index (Phi) is 6.16. The molecule has 0 bridgehead atoms.